The number of piperazine rings is 2. The SMILES string of the molecule is CCOc1nc(OC)c(CN2CC(C(c3ccccc3)c3ccccc3)N3CCN(C(C)=O)C[C@H]3C2)c(OC(C)C)n1.Cl.Cl. The Hall–Kier alpha value is -3.11. The van der Waals surface area contributed by atoms with Gasteiger partial charge in [-0.1, -0.05) is 60.7 Å². The minimum absolute atomic E-state index is 0. The molecule has 0 aliphatic carbocycles. The smallest absolute Gasteiger partial charge is 0.323 e. The van der Waals surface area contributed by atoms with Crippen LogP contribution in [0.25, 0.3) is 0 Å². The molecule has 0 radical (unpaired) electrons. The highest BCUT2D eigenvalue weighted by molar-refractivity contribution is 5.85. The number of nitrogens with zero attached hydrogens (tertiary/aromatic N) is 5. The van der Waals surface area contributed by atoms with E-state index in [1.54, 1.807) is 14.0 Å². The molecule has 2 aliphatic heterocycles. The fourth-order valence-electron chi connectivity index (χ4n) is 6.35. The summed E-state index contributed by atoms with van der Waals surface area (Å²) < 4.78 is 17.6. The van der Waals surface area contributed by atoms with Crippen LogP contribution < -0.4 is 14.2 Å². The summed E-state index contributed by atoms with van der Waals surface area (Å²) in [4.78, 5) is 28.7. The zero-order valence-electron chi connectivity index (χ0n) is 26.2. The molecule has 0 N–H and O–H groups in total. The summed E-state index contributed by atoms with van der Waals surface area (Å²) in [6.07, 6.45) is -0.0783. The largest absolute Gasteiger partial charge is 0.481 e. The number of benzene rings is 2. The average Bonchev–Trinajstić information content (AvgIpc) is 2.99. The number of amides is 1. The monoisotopic (exact) mass is 645 g/mol. The fraction of sp³-hybridized carbons (Fsp3) is 0.485. The van der Waals surface area contributed by atoms with E-state index in [1.807, 2.05) is 25.7 Å². The highest BCUT2D eigenvalue weighted by Crippen LogP contribution is 2.37. The summed E-state index contributed by atoms with van der Waals surface area (Å²) in [7, 11) is 1.62. The molecule has 2 aromatic carbocycles. The van der Waals surface area contributed by atoms with E-state index >= 15 is 0 Å². The van der Waals surface area contributed by atoms with Crippen molar-refractivity contribution < 1.29 is 19.0 Å². The number of fused-ring (bicyclic) bond motifs is 1. The molecule has 240 valence electrons. The molecular weight excluding hydrogens is 601 g/mol. The van der Waals surface area contributed by atoms with Gasteiger partial charge in [0, 0.05) is 64.2 Å². The van der Waals surface area contributed by atoms with Crippen molar-refractivity contribution in [2.75, 3.05) is 46.4 Å². The summed E-state index contributed by atoms with van der Waals surface area (Å²) in [5.74, 6) is 1.22. The third-order valence-electron chi connectivity index (χ3n) is 8.12. The van der Waals surface area contributed by atoms with Crippen LogP contribution in [-0.4, -0.2) is 95.2 Å². The molecule has 44 heavy (non-hydrogen) atoms. The first kappa shape index (κ1) is 35.4. The third kappa shape index (κ3) is 8.13. The van der Waals surface area contributed by atoms with E-state index in [-0.39, 0.29) is 60.8 Å². The van der Waals surface area contributed by atoms with Crippen LogP contribution >= 0.6 is 24.8 Å². The standard InChI is InChI=1S/C33H43N5O4.2ClH/c1-6-41-33-34-31(40-5)28(32(35-33)42-23(2)3)21-36-19-27-20-37(24(4)39)17-18-38(27)29(22-36)30(25-13-9-7-10-14-25)26-15-11-8-12-16-26;;/h7-16,23,27,29-30H,6,17-22H2,1-5H3;2*1H/t27-,29?;;/m1../s1. The van der Waals surface area contributed by atoms with Gasteiger partial charge in [0.1, 0.15) is 0 Å². The van der Waals surface area contributed by atoms with Gasteiger partial charge in [0.2, 0.25) is 17.7 Å². The lowest BCUT2D eigenvalue weighted by Gasteiger charge is -2.53. The molecule has 3 heterocycles. The van der Waals surface area contributed by atoms with Gasteiger partial charge >= 0.3 is 6.01 Å². The van der Waals surface area contributed by atoms with Crippen molar-refractivity contribution in [3.8, 4) is 17.8 Å². The van der Waals surface area contributed by atoms with Crippen LogP contribution in [-0.2, 0) is 11.3 Å². The zero-order valence-corrected chi connectivity index (χ0v) is 27.9. The summed E-state index contributed by atoms with van der Waals surface area (Å²) in [6.45, 7) is 12.4. The molecule has 2 saturated heterocycles. The van der Waals surface area contributed by atoms with Gasteiger partial charge in [-0.2, -0.15) is 9.97 Å². The maximum absolute atomic E-state index is 12.5. The van der Waals surface area contributed by atoms with Crippen LogP contribution in [0.4, 0.5) is 0 Å². The second-order valence-corrected chi connectivity index (χ2v) is 11.3. The van der Waals surface area contributed by atoms with Gasteiger partial charge in [-0.3, -0.25) is 14.6 Å². The van der Waals surface area contributed by atoms with Crippen molar-refractivity contribution in [2.45, 2.75) is 58.3 Å². The molecular formula is C33H45Cl2N5O4. The van der Waals surface area contributed by atoms with E-state index in [4.69, 9.17) is 14.2 Å². The fourth-order valence-corrected chi connectivity index (χ4v) is 6.35. The van der Waals surface area contributed by atoms with Crippen molar-refractivity contribution in [3.05, 3.63) is 77.4 Å². The lowest BCUT2D eigenvalue weighted by atomic mass is 9.81. The summed E-state index contributed by atoms with van der Waals surface area (Å²) in [5, 5.41) is 0. The first-order valence-electron chi connectivity index (χ1n) is 15.0. The van der Waals surface area contributed by atoms with Crippen LogP contribution in [0.3, 0.4) is 0 Å². The van der Waals surface area contributed by atoms with Crippen LogP contribution in [0.15, 0.2) is 60.7 Å². The highest BCUT2D eigenvalue weighted by Gasteiger charge is 2.43. The number of carbonyl (C=O) groups is 1. The van der Waals surface area contributed by atoms with Gasteiger partial charge in [0.15, 0.2) is 0 Å². The quantitative estimate of drug-likeness (QED) is 0.303. The Kier molecular flexibility index (Phi) is 13.1. The molecule has 1 amide bonds. The number of methoxy groups -OCH3 is 1. The van der Waals surface area contributed by atoms with Crippen molar-refractivity contribution in [3.63, 3.8) is 0 Å². The average molecular weight is 647 g/mol. The molecule has 0 bridgehead atoms. The first-order valence-corrected chi connectivity index (χ1v) is 15.0. The van der Waals surface area contributed by atoms with Crippen LogP contribution in [0.2, 0.25) is 0 Å². The third-order valence-corrected chi connectivity index (χ3v) is 8.12. The molecule has 2 fully saturated rings. The van der Waals surface area contributed by atoms with Crippen molar-refractivity contribution in [2.24, 2.45) is 0 Å². The van der Waals surface area contributed by atoms with Crippen molar-refractivity contribution in [1.29, 1.82) is 0 Å². The Labute approximate surface area is 273 Å². The van der Waals surface area contributed by atoms with Crippen molar-refractivity contribution in [1.82, 2.24) is 24.7 Å². The summed E-state index contributed by atoms with van der Waals surface area (Å²) in [5.41, 5.74) is 3.38. The van der Waals surface area contributed by atoms with Crippen LogP contribution in [0, 0.1) is 0 Å². The Balaban J connectivity index is 0.00000264. The number of aromatic nitrogens is 2. The normalized spacial score (nSPS) is 18.7. The van der Waals surface area contributed by atoms with E-state index in [2.05, 4.69) is 80.4 Å². The number of rotatable bonds is 10. The lowest BCUT2D eigenvalue weighted by molar-refractivity contribution is -0.134. The predicted molar refractivity (Wildman–Crippen MR) is 177 cm³/mol. The zero-order chi connectivity index (χ0) is 29.6. The molecule has 5 rings (SSSR count). The Morgan fingerprint density at radius 2 is 1.52 bits per heavy atom. The van der Waals surface area contributed by atoms with Gasteiger partial charge in [0.25, 0.3) is 0 Å². The molecule has 0 saturated carbocycles. The van der Waals surface area contributed by atoms with Crippen molar-refractivity contribution >= 4 is 30.7 Å². The maximum Gasteiger partial charge on any atom is 0.323 e. The number of hydrogen-bond donors (Lipinski definition) is 0. The number of ether oxygens (including phenoxy) is 3. The molecule has 2 aliphatic rings. The minimum atomic E-state index is -0.0783. The minimum Gasteiger partial charge on any atom is -0.481 e. The number of halogens is 2. The van der Waals surface area contributed by atoms with Gasteiger partial charge in [-0.05, 0) is 31.9 Å². The van der Waals surface area contributed by atoms with Crippen LogP contribution in [0.5, 0.6) is 17.8 Å². The first-order chi connectivity index (χ1) is 20.4. The molecule has 11 heteroatoms. The van der Waals surface area contributed by atoms with E-state index in [9.17, 15) is 4.79 Å². The maximum atomic E-state index is 12.5. The number of carbonyl (C=O) groups excluding carboxylic acids is 1. The second kappa shape index (κ2) is 16.3. The Morgan fingerprint density at radius 1 is 0.909 bits per heavy atom. The molecule has 1 unspecified atom stereocenters. The van der Waals surface area contributed by atoms with E-state index in [0.717, 1.165) is 31.7 Å². The molecule has 1 aromatic heterocycles. The van der Waals surface area contributed by atoms with E-state index < -0.39 is 0 Å². The predicted octanol–water partition coefficient (Wildman–Crippen LogP) is 5.06. The molecule has 9 nitrogen and oxygen atoms in total. The van der Waals surface area contributed by atoms with E-state index in [1.165, 1.54) is 11.1 Å². The summed E-state index contributed by atoms with van der Waals surface area (Å²) >= 11 is 0. The van der Waals surface area contributed by atoms with Gasteiger partial charge in [-0.15, -0.1) is 24.8 Å². The van der Waals surface area contributed by atoms with Gasteiger partial charge in [0.05, 0.1) is 25.4 Å². The lowest BCUT2D eigenvalue weighted by Crippen LogP contribution is -2.67. The molecule has 0 spiro atoms. The molecule has 2 atom stereocenters. The van der Waals surface area contributed by atoms with Gasteiger partial charge < -0.3 is 19.1 Å². The topological polar surface area (TPSA) is 80.3 Å². The second-order valence-electron chi connectivity index (χ2n) is 11.3. The Bertz CT molecular complexity index is 1300. The van der Waals surface area contributed by atoms with Gasteiger partial charge in [-0.25, -0.2) is 0 Å². The number of hydrogen-bond acceptors (Lipinski definition) is 8. The highest BCUT2D eigenvalue weighted by atomic mass is 35.5. The Morgan fingerprint density at radius 3 is 2.07 bits per heavy atom. The molecule has 3 aromatic rings. The van der Waals surface area contributed by atoms with E-state index in [0.29, 0.717) is 31.5 Å². The van der Waals surface area contributed by atoms with Crippen LogP contribution in [0.1, 0.15) is 50.3 Å². The summed E-state index contributed by atoms with van der Waals surface area (Å²) in [6, 6.07) is 22.2.